The summed E-state index contributed by atoms with van der Waals surface area (Å²) in [6.07, 6.45) is -0.969. The summed E-state index contributed by atoms with van der Waals surface area (Å²) in [5, 5.41) is 0.484. The number of aromatic nitrogens is 1. The molecule has 0 saturated heterocycles. The lowest BCUT2D eigenvalue weighted by atomic mass is 10.1. The first-order valence-corrected chi connectivity index (χ1v) is 8.38. The maximum absolute atomic E-state index is 12.3. The topological polar surface area (TPSA) is 76.2 Å². The smallest absolute Gasteiger partial charge is 0.355 e. The molecule has 0 aliphatic rings. The molecule has 25 heavy (non-hydrogen) atoms. The molecule has 1 aromatic heterocycles. The highest BCUT2D eigenvalue weighted by molar-refractivity contribution is 9.10. The Balaban J connectivity index is 1.81. The van der Waals surface area contributed by atoms with E-state index in [9.17, 15) is 14.4 Å². The Morgan fingerprint density at radius 3 is 2.48 bits per heavy atom. The van der Waals surface area contributed by atoms with Gasteiger partial charge in [-0.05, 0) is 31.2 Å². The normalized spacial score (nSPS) is 11.9. The third-order valence-electron chi connectivity index (χ3n) is 3.74. The van der Waals surface area contributed by atoms with Crippen molar-refractivity contribution in [2.24, 2.45) is 0 Å². The molecule has 3 rings (SSSR count). The number of halogens is 1. The minimum atomic E-state index is -0.969. The van der Waals surface area contributed by atoms with Crippen LogP contribution >= 0.6 is 15.9 Å². The number of ether oxygens (including phenoxy) is 1. The van der Waals surface area contributed by atoms with Crippen molar-refractivity contribution in [2.75, 3.05) is 0 Å². The zero-order valence-corrected chi connectivity index (χ0v) is 14.9. The van der Waals surface area contributed by atoms with E-state index in [1.54, 1.807) is 48.5 Å². The van der Waals surface area contributed by atoms with Crippen LogP contribution in [0.1, 0.15) is 27.8 Å². The van der Waals surface area contributed by atoms with Crippen molar-refractivity contribution in [3.05, 3.63) is 80.6 Å². The SMILES string of the molecule is C[C@@H](OC(=O)c1cc(=O)c2ccccc2[nH]1)C(=O)c1ccc(Br)cc1. The van der Waals surface area contributed by atoms with Crippen LogP contribution in [-0.4, -0.2) is 22.8 Å². The molecule has 2 aromatic carbocycles. The molecule has 0 bridgehead atoms. The van der Waals surface area contributed by atoms with Gasteiger partial charge in [0.25, 0.3) is 0 Å². The van der Waals surface area contributed by atoms with Gasteiger partial charge in [-0.3, -0.25) is 9.59 Å². The Kier molecular flexibility index (Phi) is 4.81. The molecule has 0 saturated carbocycles. The van der Waals surface area contributed by atoms with Gasteiger partial charge in [0.1, 0.15) is 5.69 Å². The van der Waals surface area contributed by atoms with Gasteiger partial charge < -0.3 is 9.72 Å². The van der Waals surface area contributed by atoms with Gasteiger partial charge in [-0.15, -0.1) is 0 Å². The predicted molar refractivity (Wildman–Crippen MR) is 97.9 cm³/mol. The molecule has 1 atom stereocenters. The number of nitrogens with one attached hydrogen (secondary N) is 1. The van der Waals surface area contributed by atoms with Crippen LogP contribution < -0.4 is 5.43 Å². The summed E-state index contributed by atoms with van der Waals surface area (Å²) in [5.74, 6) is -1.06. The number of Topliss-reactive ketones (excluding diaryl/α,β-unsaturated/α-hetero) is 1. The molecular formula is C19H14BrNO4. The van der Waals surface area contributed by atoms with E-state index in [1.165, 1.54) is 13.0 Å². The molecule has 0 aliphatic carbocycles. The van der Waals surface area contributed by atoms with Crippen molar-refractivity contribution >= 4 is 38.6 Å². The average molecular weight is 400 g/mol. The number of carbonyl (C=O) groups is 2. The van der Waals surface area contributed by atoms with Crippen LogP contribution in [0.25, 0.3) is 10.9 Å². The van der Waals surface area contributed by atoms with Crippen molar-refractivity contribution in [3.8, 4) is 0 Å². The van der Waals surface area contributed by atoms with Gasteiger partial charge in [0.15, 0.2) is 11.5 Å². The molecule has 126 valence electrons. The van der Waals surface area contributed by atoms with Crippen molar-refractivity contribution in [2.45, 2.75) is 13.0 Å². The Hall–Kier alpha value is -2.73. The van der Waals surface area contributed by atoms with Gasteiger partial charge >= 0.3 is 5.97 Å². The number of H-pyrrole nitrogens is 1. The molecule has 1 N–H and O–H groups in total. The average Bonchev–Trinajstić information content (AvgIpc) is 2.61. The first kappa shape index (κ1) is 17.1. The number of esters is 1. The zero-order valence-electron chi connectivity index (χ0n) is 13.3. The molecule has 0 fully saturated rings. The fourth-order valence-corrected chi connectivity index (χ4v) is 2.70. The summed E-state index contributed by atoms with van der Waals surface area (Å²) in [7, 11) is 0. The highest BCUT2D eigenvalue weighted by Gasteiger charge is 2.21. The third kappa shape index (κ3) is 3.69. The summed E-state index contributed by atoms with van der Waals surface area (Å²) in [6, 6.07) is 14.8. The van der Waals surface area contributed by atoms with Crippen molar-refractivity contribution in [3.63, 3.8) is 0 Å². The van der Waals surface area contributed by atoms with E-state index in [0.29, 0.717) is 16.5 Å². The Morgan fingerprint density at radius 2 is 1.76 bits per heavy atom. The number of fused-ring (bicyclic) bond motifs is 1. The minimum absolute atomic E-state index is 0.0131. The lowest BCUT2D eigenvalue weighted by molar-refractivity contribution is 0.0313. The number of carbonyl (C=O) groups excluding carboxylic acids is 2. The van der Waals surface area contributed by atoms with Gasteiger partial charge in [-0.1, -0.05) is 40.2 Å². The molecule has 0 aliphatic heterocycles. The second-order valence-electron chi connectivity index (χ2n) is 5.51. The van der Waals surface area contributed by atoms with Gasteiger partial charge in [0.2, 0.25) is 5.78 Å². The van der Waals surface area contributed by atoms with Gasteiger partial charge in [-0.2, -0.15) is 0 Å². The van der Waals surface area contributed by atoms with E-state index < -0.39 is 12.1 Å². The first-order chi connectivity index (χ1) is 12.0. The number of hydrogen-bond donors (Lipinski definition) is 1. The lowest BCUT2D eigenvalue weighted by Crippen LogP contribution is -2.25. The van der Waals surface area contributed by atoms with E-state index >= 15 is 0 Å². The van der Waals surface area contributed by atoms with Crippen LogP contribution in [0.3, 0.4) is 0 Å². The standard InChI is InChI=1S/C19H14BrNO4/c1-11(18(23)12-6-8-13(20)9-7-12)25-19(24)16-10-17(22)14-4-2-3-5-15(14)21-16/h2-11H,1H3,(H,21,22)/t11-/m1/s1. The monoisotopic (exact) mass is 399 g/mol. The summed E-state index contributed by atoms with van der Waals surface area (Å²) < 4.78 is 6.07. The molecule has 0 spiro atoms. The highest BCUT2D eigenvalue weighted by atomic mass is 79.9. The van der Waals surface area contributed by atoms with E-state index in [0.717, 1.165) is 4.47 Å². The van der Waals surface area contributed by atoms with Crippen LogP contribution in [-0.2, 0) is 4.74 Å². The number of para-hydroxylation sites is 1. The molecule has 3 aromatic rings. The largest absolute Gasteiger partial charge is 0.450 e. The zero-order chi connectivity index (χ0) is 18.0. The van der Waals surface area contributed by atoms with Crippen LogP contribution in [0, 0.1) is 0 Å². The summed E-state index contributed by atoms with van der Waals surface area (Å²) in [6.45, 7) is 1.50. The Bertz CT molecular complexity index is 1010. The summed E-state index contributed by atoms with van der Waals surface area (Å²) >= 11 is 3.30. The van der Waals surface area contributed by atoms with Crippen molar-refractivity contribution < 1.29 is 14.3 Å². The maximum atomic E-state index is 12.3. The van der Waals surface area contributed by atoms with E-state index in [4.69, 9.17) is 4.74 Å². The quantitative estimate of drug-likeness (QED) is 0.535. The molecule has 0 radical (unpaired) electrons. The fraction of sp³-hybridized carbons (Fsp3) is 0.105. The van der Waals surface area contributed by atoms with Gasteiger partial charge in [0, 0.05) is 27.0 Å². The predicted octanol–water partition coefficient (Wildman–Crippen LogP) is 3.72. The van der Waals surface area contributed by atoms with E-state index in [2.05, 4.69) is 20.9 Å². The van der Waals surface area contributed by atoms with Gasteiger partial charge in [-0.25, -0.2) is 4.79 Å². The second-order valence-corrected chi connectivity index (χ2v) is 6.43. The first-order valence-electron chi connectivity index (χ1n) is 7.58. The fourth-order valence-electron chi connectivity index (χ4n) is 2.43. The number of hydrogen-bond acceptors (Lipinski definition) is 4. The highest BCUT2D eigenvalue weighted by Crippen LogP contribution is 2.14. The number of pyridine rings is 1. The minimum Gasteiger partial charge on any atom is -0.450 e. The van der Waals surface area contributed by atoms with Crippen molar-refractivity contribution in [1.29, 1.82) is 0 Å². The number of rotatable bonds is 4. The number of benzene rings is 2. The molecule has 0 unspecified atom stereocenters. The molecular weight excluding hydrogens is 386 g/mol. The van der Waals surface area contributed by atoms with E-state index in [-0.39, 0.29) is 16.9 Å². The number of ketones is 1. The Morgan fingerprint density at radius 1 is 1.08 bits per heavy atom. The van der Waals surface area contributed by atoms with E-state index in [1.807, 2.05) is 0 Å². The van der Waals surface area contributed by atoms with Crippen LogP contribution in [0.5, 0.6) is 0 Å². The number of aromatic amines is 1. The maximum Gasteiger partial charge on any atom is 0.355 e. The third-order valence-corrected chi connectivity index (χ3v) is 4.27. The lowest BCUT2D eigenvalue weighted by Gasteiger charge is -2.12. The van der Waals surface area contributed by atoms with Crippen LogP contribution in [0.4, 0.5) is 0 Å². The van der Waals surface area contributed by atoms with Crippen LogP contribution in [0.2, 0.25) is 0 Å². The van der Waals surface area contributed by atoms with Crippen LogP contribution in [0.15, 0.2) is 63.9 Å². The van der Waals surface area contributed by atoms with Gasteiger partial charge in [0.05, 0.1) is 0 Å². The summed E-state index contributed by atoms with van der Waals surface area (Å²) in [5.41, 5.74) is 0.705. The molecule has 5 nitrogen and oxygen atoms in total. The summed E-state index contributed by atoms with van der Waals surface area (Å²) in [4.78, 5) is 39.6. The molecule has 6 heteroatoms. The second kappa shape index (κ2) is 7.03. The van der Waals surface area contributed by atoms with Crippen molar-refractivity contribution in [1.82, 2.24) is 4.98 Å². The molecule has 1 heterocycles. The molecule has 0 amide bonds. The Labute approximate surface area is 151 Å².